The number of aromatic nitrogens is 2. The number of carbonyl (C=O) groups excluding carboxylic acids is 1. The van der Waals surface area contributed by atoms with E-state index in [4.69, 9.17) is 8.83 Å². The van der Waals surface area contributed by atoms with E-state index >= 15 is 0 Å². The van der Waals surface area contributed by atoms with Gasteiger partial charge >= 0.3 is 0 Å². The van der Waals surface area contributed by atoms with Crippen LogP contribution in [-0.2, 0) is 11.2 Å². The van der Waals surface area contributed by atoms with Crippen molar-refractivity contribution in [3.05, 3.63) is 54.0 Å². The summed E-state index contributed by atoms with van der Waals surface area (Å²) < 4.78 is 24.0. The van der Waals surface area contributed by atoms with Crippen molar-refractivity contribution in [2.75, 3.05) is 12.3 Å². The van der Waals surface area contributed by atoms with E-state index in [-0.39, 0.29) is 28.6 Å². The number of halogens is 1. The predicted molar refractivity (Wildman–Crippen MR) is 85.8 cm³/mol. The normalized spacial score (nSPS) is 10.7. The molecular weight excluding hydrogens is 333 g/mol. The number of thioether (sulfide) groups is 1. The highest BCUT2D eigenvalue weighted by Gasteiger charge is 2.12. The molecule has 1 aromatic carbocycles. The number of hydrogen-bond donors (Lipinski definition) is 1. The molecule has 0 unspecified atom stereocenters. The fourth-order valence-corrected chi connectivity index (χ4v) is 2.58. The van der Waals surface area contributed by atoms with Crippen molar-refractivity contribution < 1.29 is 18.0 Å². The van der Waals surface area contributed by atoms with E-state index in [9.17, 15) is 9.18 Å². The van der Waals surface area contributed by atoms with Crippen LogP contribution in [-0.4, -0.2) is 28.4 Å². The van der Waals surface area contributed by atoms with Crippen LogP contribution in [0.3, 0.4) is 0 Å². The van der Waals surface area contributed by atoms with Gasteiger partial charge in [-0.2, -0.15) is 0 Å². The molecule has 1 amide bonds. The summed E-state index contributed by atoms with van der Waals surface area (Å²) in [4.78, 5) is 11.8. The number of furan rings is 1. The van der Waals surface area contributed by atoms with E-state index < -0.39 is 0 Å². The van der Waals surface area contributed by atoms with Gasteiger partial charge in [0, 0.05) is 6.54 Å². The Labute approximate surface area is 141 Å². The molecule has 6 nitrogen and oxygen atoms in total. The van der Waals surface area contributed by atoms with Crippen molar-refractivity contribution in [2.24, 2.45) is 0 Å². The summed E-state index contributed by atoms with van der Waals surface area (Å²) in [5, 5.41) is 10.7. The monoisotopic (exact) mass is 347 g/mol. The minimum Gasteiger partial charge on any atom is -0.459 e. The maximum Gasteiger partial charge on any atom is 0.284 e. The van der Waals surface area contributed by atoms with Gasteiger partial charge in [-0.25, -0.2) is 4.39 Å². The van der Waals surface area contributed by atoms with Crippen molar-refractivity contribution in [1.29, 1.82) is 0 Å². The molecule has 0 atom stereocenters. The molecule has 0 bridgehead atoms. The van der Waals surface area contributed by atoms with Gasteiger partial charge in [-0.15, -0.1) is 10.2 Å². The summed E-state index contributed by atoms with van der Waals surface area (Å²) in [6, 6.07) is 9.93. The fourth-order valence-electron chi connectivity index (χ4n) is 1.98. The Morgan fingerprint density at radius 1 is 1.21 bits per heavy atom. The first-order valence-electron chi connectivity index (χ1n) is 7.22. The molecule has 3 aromatic rings. The number of rotatable bonds is 7. The largest absolute Gasteiger partial charge is 0.459 e. The molecule has 1 N–H and O–H groups in total. The molecular formula is C16H14FN3O3S. The van der Waals surface area contributed by atoms with Gasteiger partial charge in [0.2, 0.25) is 5.91 Å². The minimum atomic E-state index is -0.266. The lowest BCUT2D eigenvalue weighted by molar-refractivity contribution is -0.118. The summed E-state index contributed by atoms with van der Waals surface area (Å²) in [5.41, 5.74) is 0.574. The molecule has 2 aromatic heterocycles. The highest BCUT2D eigenvalue weighted by atomic mass is 32.2. The van der Waals surface area contributed by atoms with Crippen molar-refractivity contribution in [3.8, 4) is 11.7 Å². The molecule has 0 aliphatic heterocycles. The Hall–Kier alpha value is -2.61. The molecule has 0 aliphatic carbocycles. The van der Waals surface area contributed by atoms with Crippen molar-refractivity contribution in [2.45, 2.75) is 11.6 Å². The third-order valence-electron chi connectivity index (χ3n) is 3.14. The summed E-state index contributed by atoms with van der Waals surface area (Å²) in [7, 11) is 0. The Morgan fingerprint density at radius 3 is 2.88 bits per heavy atom. The van der Waals surface area contributed by atoms with Gasteiger partial charge in [0.05, 0.1) is 12.0 Å². The average molecular weight is 347 g/mol. The van der Waals surface area contributed by atoms with Gasteiger partial charge in [0.25, 0.3) is 11.1 Å². The molecule has 0 aliphatic rings. The number of nitrogens with one attached hydrogen (secondary N) is 1. The van der Waals surface area contributed by atoms with Crippen molar-refractivity contribution in [1.82, 2.24) is 15.5 Å². The zero-order valence-electron chi connectivity index (χ0n) is 12.6. The number of amides is 1. The second-order valence-electron chi connectivity index (χ2n) is 4.83. The lowest BCUT2D eigenvalue weighted by Gasteiger charge is -2.05. The Morgan fingerprint density at radius 2 is 2.08 bits per heavy atom. The third kappa shape index (κ3) is 4.23. The second-order valence-corrected chi connectivity index (χ2v) is 5.76. The van der Waals surface area contributed by atoms with Gasteiger partial charge in [-0.05, 0) is 30.2 Å². The van der Waals surface area contributed by atoms with Crippen LogP contribution < -0.4 is 5.32 Å². The molecule has 24 heavy (non-hydrogen) atoms. The first-order valence-corrected chi connectivity index (χ1v) is 8.21. The molecule has 8 heteroatoms. The maximum atomic E-state index is 13.5. The number of nitrogens with zero attached hydrogens (tertiary/aromatic N) is 2. The molecule has 0 spiro atoms. The molecule has 124 valence electrons. The first kappa shape index (κ1) is 16.3. The quantitative estimate of drug-likeness (QED) is 0.662. The molecule has 0 saturated heterocycles. The fraction of sp³-hybridized carbons (Fsp3) is 0.188. The molecule has 0 saturated carbocycles. The van der Waals surface area contributed by atoms with Crippen LogP contribution in [0.15, 0.2) is 56.7 Å². The van der Waals surface area contributed by atoms with Crippen LogP contribution >= 0.6 is 11.8 Å². The van der Waals surface area contributed by atoms with Crippen LogP contribution in [0.25, 0.3) is 11.7 Å². The summed E-state index contributed by atoms with van der Waals surface area (Å²) >= 11 is 1.13. The third-order valence-corrected chi connectivity index (χ3v) is 3.96. The van der Waals surface area contributed by atoms with Crippen LogP contribution in [0.4, 0.5) is 4.39 Å². The van der Waals surface area contributed by atoms with E-state index in [1.807, 2.05) is 0 Å². The number of hydrogen-bond acceptors (Lipinski definition) is 6. The van der Waals surface area contributed by atoms with E-state index in [0.717, 1.165) is 11.8 Å². The SMILES string of the molecule is O=C(CSc1nnc(-c2ccco2)o1)NCCc1ccccc1F. The summed E-state index contributed by atoms with van der Waals surface area (Å²) in [6.07, 6.45) is 1.95. The van der Waals surface area contributed by atoms with Crippen LogP contribution in [0.2, 0.25) is 0 Å². The van der Waals surface area contributed by atoms with Gasteiger partial charge in [-0.1, -0.05) is 30.0 Å². The van der Waals surface area contributed by atoms with Crippen LogP contribution in [0.1, 0.15) is 5.56 Å². The Bertz CT molecular complexity index is 805. The molecule has 3 rings (SSSR count). The van der Waals surface area contributed by atoms with Crippen molar-refractivity contribution in [3.63, 3.8) is 0 Å². The van der Waals surface area contributed by atoms with Crippen LogP contribution in [0, 0.1) is 5.82 Å². The van der Waals surface area contributed by atoms with E-state index in [1.165, 1.54) is 12.3 Å². The summed E-state index contributed by atoms with van der Waals surface area (Å²) in [5.74, 6) is 0.425. The average Bonchev–Trinajstić information content (AvgIpc) is 3.26. The van der Waals surface area contributed by atoms with E-state index in [2.05, 4.69) is 15.5 Å². The molecule has 0 radical (unpaired) electrons. The predicted octanol–water partition coefficient (Wildman–Crippen LogP) is 2.92. The topological polar surface area (TPSA) is 81.2 Å². The maximum absolute atomic E-state index is 13.5. The van der Waals surface area contributed by atoms with Gasteiger partial charge in [0.1, 0.15) is 5.82 Å². The molecule has 0 fully saturated rings. The van der Waals surface area contributed by atoms with E-state index in [0.29, 0.717) is 24.3 Å². The van der Waals surface area contributed by atoms with Crippen LogP contribution in [0.5, 0.6) is 0 Å². The van der Waals surface area contributed by atoms with Gasteiger partial charge in [-0.3, -0.25) is 4.79 Å². The zero-order chi connectivity index (χ0) is 16.8. The van der Waals surface area contributed by atoms with E-state index in [1.54, 1.807) is 30.3 Å². The highest BCUT2D eigenvalue weighted by molar-refractivity contribution is 7.99. The lowest BCUT2D eigenvalue weighted by atomic mass is 10.1. The lowest BCUT2D eigenvalue weighted by Crippen LogP contribution is -2.27. The minimum absolute atomic E-state index is 0.136. The van der Waals surface area contributed by atoms with Gasteiger partial charge in [0.15, 0.2) is 5.76 Å². The zero-order valence-corrected chi connectivity index (χ0v) is 13.4. The molecule has 2 heterocycles. The highest BCUT2D eigenvalue weighted by Crippen LogP contribution is 2.23. The number of carbonyl (C=O) groups is 1. The Kier molecular flexibility index (Phi) is 5.27. The van der Waals surface area contributed by atoms with Gasteiger partial charge < -0.3 is 14.2 Å². The first-order chi connectivity index (χ1) is 11.7. The smallest absolute Gasteiger partial charge is 0.284 e. The second kappa shape index (κ2) is 7.78. The van der Waals surface area contributed by atoms with Crippen molar-refractivity contribution >= 4 is 17.7 Å². The Balaban J connectivity index is 1.42. The number of benzene rings is 1. The summed E-state index contributed by atoms with van der Waals surface area (Å²) in [6.45, 7) is 0.363. The standard InChI is InChI=1S/C16H14FN3O3S/c17-12-5-2-1-4-11(12)7-8-18-14(21)10-24-16-20-19-15(23-16)13-6-3-9-22-13/h1-6,9H,7-8,10H2,(H,18,21).